The molecule has 1 aliphatic rings. The van der Waals surface area contributed by atoms with Crippen molar-refractivity contribution >= 4 is 8.60 Å². The molecular weight excluding hydrogens is 239 g/mol. The zero-order valence-corrected chi connectivity index (χ0v) is 13.0. The highest BCUT2D eigenvalue weighted by Gasteiger charge is 2.52. The summed E-state index contributed by atoms with van der Waals surface area (Å²) in [5.41, 5.74) is -2.88. The van der Waals surface area contributed by atoms with Gasteiger partial charge in [0.15, 0.2) is 0 Å². The molecule has 0 aliphatic carbocycles. The van der Waals surface area contributed by atoms with Gasteiger partial charge < -0.3 is 18.7 Å². The van der Waals surface area contributed by atoms with E-state index in [1.54, 1.807) is 27.7 Å². The monoisotopic (exact) mass is 263 g/mol. The molecule has 1 heterocycles. The maximum Gasteiger partial charge on any atom is 0.334 e. The fourth-order valence-corrected chi connectivity index (χ4v) is 2.83. The van der Waals surface area contributed by atoms with E-state index in [1.165, 1.54) is 0 Å². The van der Waals surface area contributed by atoms with Gasteiger partial charge in [-0.15, -0.1) is 0 Å². The molecule has 5 heteroatoms. The predicted octanol–water partition coefficient (Wildman–Crippen LogP) is 2.75. The fourth-order valence-electron chi connectivity index (χ4n) is 0.945. The maximum atomic E-state index is 12.0. The molecule has 0 spiro atoms. The van der Waals surface area contributed by atoms with Crippen LogP contribution in [0.25, 0.3) is 0 Å². The third-order valence-corrected chi connectivity index (χ3v) is 5.62. The van der Waals surface area contributed by atoms with Gasteiger partial charge in [0, 0.05) is 0 Å². The molecule has 1 rings (SSSR count). The molecule has 1 fully saturated rings. The Balaban J connectivity index is 2.75. The van der Waals surface area contributed by atoms with Gasteiger partial charge in [-0.1, -0.05) is 19.4 Å². The maximum absolute atomic E-state index is 12.0. The smallest absolute Gasteiger partial charge is 0.334 e. The van der Waals surface area contributed by atoms with E-state index in [1.807, 2.05) is 27.7 Å². The van der Waals surface area contributed by atoms with E-state index in [0.29, 0.717) is 0 Å². The summed E-state index contributed by atoms with van der Waals surface area (Å²) < 4.78 is 17.3. The first kappa shape index (κ1) is 15.3. The Morgan fingerprint density at radius 1 is 0.941 bits per heavy atom. The Bertz CT molecular complexity index is 275. The third-order valence-electron chi connectivity index (χ3n) is 3.81. The second-order valence-electron chi connectivity index (χ2n) is 6.54. The lowest BCUT2D eigenvalue weighted by atomic mass is 9.90. The van der Waals surface area contributed by atoms with Crippen molar-refractivity contribution in [3.05, 3.63) is 0 Å². The van der Waals surface area contributed by atoms with Crippen LogP contribution in [0.15, 0.2) is 0 Å². The molecule has 0 aromatic heterocycles. The van der Waals surface area contributed by atoms with Gasteiger partial charge in [-0.05, 0) is 41.5 Å². The van der Waals surface area contributed by atoms with Crippen LogP contribution in [0.4, 0.5) is 0 Å². The van der Waals surface area contributed by atoms with Crippen molar-refractivity contribution in [2.24, 2.45) is 0 Å². The van der Waals surface area contributed by atoms with Crippen molar-refractivity contribution in [2.45, 2.75) is 77.8 Å². The zero-order valence-electron chi connectivity index (χ0n) is 12.1. The third kappa shape index (κ3) is 2.99. The van der Waals surface area contributed by atoms with Crippen molar-refractivity contribution in [1.29, 1.82) is 0 Å². The number of hydrogen-bond acceptors (Lipinski definition) is 4. The van der Waals surface area contributed by atoms with Crippen LogP contribution >= 0.6 is 8.60 Å². The minimum absolute atomic E-state index is 0.415. The van der Waals surface area contributed by atoms with E-state index in [0.717, 1.165) is 0 Å². The summed E-state index contributed by atoms with van der Waals surface area (Å²) in [5, 5.41) is 12.0. The minimum Gasteiger partial charge on any atom is -0.848 e. The fraction of sp³-hybridized carbons (Fsp3) is 1.00. The van der Waals surface area contributed by atoms with Crippen molar-refractivity contribution in [3.63, 3.8) is 0 Å². The Kier molecular flexibility index (Phi) is 3.73. The molecule has 0 bridgehead atoms. The normalized spacial score (nSPS) is 25.2. The summed E-state index contributed by atoms with van der Waals surface area (Å²) in [4.78, 5) is 0. The molecule has 102 valence electrons. The second kappa shape index (κ2) is 4.14. The molecule has 0 N–H and O–H groups in total. The standard InChI is InChI=1S/C12H24O4P/c1-9(2,13)10(3,4)14-17-15-11(5,6)12(7,8)16-17/h1-8H3/q-1. The molecule has 0 saturated carbocycles. The summed E-state index contributed by atoms with van der Waals surface area (Å²) in [6, 6.07) is 0. The Hall–Kier alpha value is 0.270. The Labute approximate surface area is 106 Å². The lowest BCUT2D eigenvalue weighted by Gasteiger charge is -2.47. The molecular formula is C12H24O4P-. The van der Waals surface area contributed by atoms with E-state index in [2.05, 4.69) is 0 Å². The van der Waals surface area contributed by atoms with Gasteiger partial charge >= 0.3 is 8.60 Å². The van der Waals surface area contributed by atoms with Gasteiger partial charge in [0.1, 0.15) is 11.2 Å². The summed E-state index contributed by atoms with van der Waals surface area (Å²) in [6.07, 6.45) is 0. The van der Waals surface area contributed by atoms with E-state index in [-0.39, 0.29) is 0 Å². The van der Waals surface area contributed by atoms with Crippen LogP contribution in [0.5, 0.6) is 0 Å². The highest BCUT2D eigenvalue weighted by molar-refractivity contribution is 7.42. The lowest BCUT2D eigenvalue weighted by molar-refractivity contribution is -0.495. The van der Waals surface area contributed by atoms with Gasteiger partial charge in [0.05, 0.1) is 5.60 Å². The second-order valence-corrected chi connectivity index (χ2v) is 7.53. The first-order chi connectivity index (χ1) is 7.29. The number of rotatable bonds is 3. The zero-order chi connectivity index (χ0) is 13.7. The van der Waals surface area contributed by atoms with Gasteiger partial charge in [-0.25, -0.2) is 0 Å². The van der Waals surface area contributed by atoms with E-state index >= 15 is 0 Å². The van der Waals surface area contributed by atoms with Crippen LogP contribution < -0.4 is 5.11 Å². The van der Waals surface area contributed by atoms with E-state index in [4.69, 9.17) is 13.6 Å². The quantitative estimate of drug-likeness (QED) is 0.735. The molecule has 0 amide bonds. The minimum atomic E-state index is -1.47. The number of hydrogen-bond donors (Lipinski definition) is 0. The molecule has 0 aromatic carbocycles. The van der Waals surface area contributed by atoms with Crippen LogP contribution in [-0.2, 0) is 13.6 Å². The lowest BCUT2D eigenvalue weighted by Crippen LogP contribution is -2.56. The van der Waals surface area contributed by atoms with Crippen LogP contribution in [-0.4, -0.2) is 22.4 Å². The molecule has 1 aliphatic heterocycles. The Morgan fingerprint density at radius 2 is 1.29 bits per heavy atom. The molecule has 4 nitrogen and oxygen atoms in total. The van der Waals surface area contributed by atoms with Crippen molar-refractivity contribution in [3.8, 4) is 0 Å². The van der Waals surface area contributed by atoms with Crippen molar-refractivity contribution in [2.75, 3.05) is 0 Å². The largest absolute Gasteiger partial charge is 0.848 e. The van der Waals surface area contributed by atoms with E-state index in [9.17, 15) is 5.11 Å². The predicted molar refractivity (Wildman–Crippen MR) is 66.5 cm³/mol. The van der Waals surface area contributed by atoms with Crippen LogP contribution in [0.3, 0.4) is 0 Å². The highest BCUT2D eigenvalue weighted by Crippen LogP contribution is 2.60. The van der Waals surface area contributed by atoms with Crippen molar-refractivity contribution in [1.82, 2.24) is 0 Å². The summed E-state index contributed by atoms with van der Waals surface area (Å²) in [7, 11) is -1.47. The highest BCUT2D eigenvalue weighted by atomic mass is 31.2. The first-order valence-electron chi connectivity index (χ1n) is 5.86. The molecule has 1 saturated heterocycles. The van der Waals surface area contributed by atoms with Gasteiger partial charge in [0.2, 0.25) is 0 Å². The first-order valence-corrected chi connectivity index (χ1v) is 6.96. The van der Waals surface area contributed by atoms with Gasteiger partial charge in [0.25, 0.3) is 0 Å². The summed E-state index contributed by atoms with van der Waals surface area (Å²) >= 11 is 0. The average molecular weight is 263 g/mol. The summed E-state index contributed by atoms with van der Waals surface area (Å²) in [5.74, 6) is 0. The topological polar surface area (TPSA) is 50.8 Å². The molecule has 0 unspecified atom stereocenters. The molecule has 17 heavy (non-hydrogen) atoms. The average Bonchev–Trinajstić information content (AvgIpc) is 2.15. The SMILES string of the molecule is CC(C)([O-])C(C)(C)OP1OC(C)(C)C(C)(C)O1. The van der Waals surface area contributed by atoms with E-state index < -0.39 is 31.0 Å². The van der Waals surface area contributed by atoms with Crippen LogP contribution in [0.1, 0.15) is 55.4 Å². The van der Waals surface area contributed by atoms with Crippen LogP contribution in [0, 0.1) is 0 Å². The van der Waals surface area contributed by atoms with Crippen molar-refractivity contribution < 1.29 is 18.7 Å². The summed E-state index contributed by atoms with van der Waals surface area (Å²) in [6.45, 7) is 14.6. The Morgan fingerprint density at radius 3 is 1.59 bits per heavy atom. The van der Waals surface area contributed by atoms with Gasteiger partial charge in [-0.2, -0.15) is 0 Å². The van der Waals surface area contributed by atoms with Crippen LogP contribution in [0.2, 0.25) is 0 Å². The molecule has 0 radical (unpaired) electrons. The molecule has 0 aromatic rings. The van der Waals surface area contributed by atoms with Gasteiger partial charge in [-0.3, -0.25) is 0 Å². The molecule has 0 atom stereocenters.